The SMILES string of the molecule is O=C(N/N=C/c1cccc([N+](=O)[O-])c1)c1ccc(NC(=O)c2ccccc2Br)cc1. The highest BCUT2D eigenvalue weighted by molar-refractivity contribution is 9.10. The molecule has 150 valence electrons. The Morgan fingerprint density at radius 3 is 2.40 bits per heavy atom. The van der Waals surface area contributed by atoms with Gasteiger partial charge in [0.15, 0.2) is 0 Å². The number of halogens is 1. The normalized spacial score (nSPS) is 10.6. The molecule has 0 aliphatic rings. The van der Waals surface area contributed by atoms with Crippen LogP contribution in [0, 0.1) is 10.1 Å². The standard InChI is InChI=1S/C21H15BrN4O4/c22-19-7-2-1-6-18(19)21(28)24-16-10-8-15(9-11-16)20(27)25-23-13-14-4-3-5-17(12-14)26(29)30/h1-13H,(H,24,28)(H,25,27)/b23-13+. The number of anilines is 1. The lowest BCUT2D eigenvalue weighted by Crippen LogP contribution is -2.18. The van der Waals surface area contributed by atoms with Crippen LogP contribution in [-0.2, 0) is 0 Å². The zero-order chi connectivity index (χ0) is 21.5. The third kappa shape index (κ3) is 5.36. The zero-order valence-corrected chi connectivity index (χ0v) is 17.0. The van der Waals surface area contributed by atoms with E-state index in [1.165, 1.54) is 24.4 Å². The molecule has 0 aromatic heterocycles. The maximum absolute atomic E-state index is 12.3. The number of hydrogen-bond acceptors (Lipinski definition) is 5. The molecule has 0 saturated carbocycles. The first-order valence-electron chi connectivity index (χ1n) is 8.68. The second kappa shape index (κ2) is 9.57. The molecule has 0 fully saturated rings. The van der Waals surface area contributed by atoms with Gasteiger partial charge in [-0.1, -0.05) is 24.3 Å². The van der Waals surface area contributed by atoms with E-state index in [2.05, 4.69) is 31.8 Å². The molecule has 0 aliphatic carbocycles. The van der Waals surface area contributed by atoms with Gasteiger partial charge in [-0.25, -0.2) is 5.43 Å². The summed E-state index contributed by atoms with van der Waals surface area (Å²) in [6.45, 7) is 0. The van der Waals surface area contributed by atoms with Gasteiger partial charge >= 0.3 is 0 Å². The number of nitro groups is 1. The lowest BCUT2D eigenvalue weighted by molar-refractivity contribution is -0.384. The minimum absolute atomic E-state index is 0.0644. The number of benzene rings is 3. The molecule has 0 spiro atoms. The van der Waals surface area contributed by atoms with Crippen LogP contribution in [0.4, 0.5) is 11.4 Å². The molecule has 0 saturated heterocycles. The van der Waals surface area contributed by atoms with Crippen molar-refractivity contribution in [2.75, 3.05) is 5.32 Å². The van der Waals surface area contributed by atoms with Crippen molar-refractivity contribution in [3.8, 4) is 0 Å². The zero-order valence-electron chi connectivity index (χ0n) is 15.4. The number of hydrazone groups is 1. The summed E-state index contributed by atoms with van der Waals surface area (Å²) < 4.78 is 0.681. The van der Waals surface area contributed by atoms with Crippen molar-refractivity contribution in [2.24, 2.45) is 5.10 Å². The maximum Gasteiger partial charge on any atom is 0.271 e. The van der Waals surface area contributed by atoms with E-state index in [4.69, 9.17) is 0 Å². The first kappa shape index (κ1) is 20.9. The van der Waals surface area contributed by atoms with Gasteiger partial charge in [0.1, 0.15) is 0 Å². The van der Waals surface area contributed by atoms with Crippen molar-refractivity contribution in [1.82, 2.24) is 5.43 Å². The Morgan fingerprint density at radius 1 is 0.967 bits per heavy atom. The van der Waals surface area contributed by atoms with Crippen molar-refractivity contribution in [3.05, 3.63) is 104 Å². The minimum Gasteiger partial charge on any atom is -0.322 e. The lowest BCUT2D eigenvalue weighted by atomic mass is 10.1. The van der Waals surface area contributed by atoms with Crippen LogP contribution < -0.4 is 10.7 Å². The van der Waals surface area contributed by atoms with Crippen molar-refractivity contribution >= 4 is 45.3 Å². The smallest absolute Gasteiger partial charge is 0.271 e. The fourth-order valence-corrected chi connectivity index (χ4v) is 2.96. The van der Waals surface area contributed by atoms with Crippen LogP contribution >= 0.6 is 15.9 Å². The van der Waals surface area contributed by atoms with Gasteiger partial charge in [0.25, 0.3) is 17.5 Å². The van der Waals surface area contributed by atoms with Gasteiger partial charge in [0.05, 0.1) is 16.7 Å². The van der Waals surface area contributed by atoms with Crippen molar-refractivity contribution in [2.45, 2.75) is 0 Å². The second-order valence-electron chi connectivity index (χ2n) is 6.06. The molecule has 0 unspecified atom stereocenters. The van der Waals surface area contributed by atoms with E-state index in [-0.39, 0.29) is 11.6 Å². The van der Waals surface area contributed by atoms with Gasteiger partial charge in [0.2, 0.25) is 0 Å². The maximum atomic E-state index is 12.3. The van der Waals surface area contributed by atoms with Crippen molar-refractivity contribution in [3.63, 3.8) is 0 Å². The largest absolute Gasteiger partial charge is 0.322 e. The molecule has 2 N–H and O–H groups in total. The molecular weight excluding hydrogens is 452 g/mol. The highest BCUT2D eigenvalue weighted by atomic mass is 79.9. The van der Waals surface area contributed by atoms with Gasteiger partial charge in [-0.3, -0.25) is 19.7 Å². The molecule has 0 bridgehead atoms. The molecule has 3 rings (SSSR count). The summed E-state index contributed by atoms with van der Waals surface area (Å²) >= 11 is 3.33. The fraction of sp³-hybridized carbons (Fsp3) is 0. The van der Waals surface area contributed by atoms with E-state index < -0.39 is 10.8 Å². The van der Waals surface area contributed by atoms with Crippen LogP contribution in [0.3, 0.4) is 0 Å². The van der Waals surface area contributed by atoms with E-state index in [1.54, 1.807) is 48.5 Å². The summed E-state index contributed by atoms with van der Waals surface area (Å²) in [6, 6.07) is 19.2. The van der Waals surface area contributed by atoms with Crippen molar-refractivity contribution < 1.29 is 14.5 Å². The fourth-order valence-electron chi connectivity index (χ4n) is 2.50. The van der Waals surface area contributed by atoms with Crippen LogP contribution in [0.25, 0.3) is 0 Å². The molecule has 8 nitrogen and oxygen atoms in total. The second-order valence-corrected chi connectivity index (χ2v) is 6.92. The first-order chi connectivity index (χ1) is 14.4. The molecule has 30 heavy (non-hydrogen) atoms. The Balaban J connectivity index is 1.60. The van der Waals surface area contributed by atoms with Gasteiger partial charge in [0, 0.05) is 33.4 Å². The Bertz CT molecular complexity index is 1130. The summed E-state index contributed by atoms with van der Waals surface area (Å²) in [5.41, 5.74) is 4.14. The topological polar surface area (TPSA) is 114 Å². The molecular formula is C21H15BrN4O4. The lowest BCUT2D eigenvalue weighted by Gasteiger charge is -2.07. The highest BCUT2D eigenvalue weighted by Gasteiger charge is 2.10. The van der Waals surface area contributed by atoms with Gasteiger partial charge in [-0.15, -0.1) is 0 Å². The molecule has 9 heteroatoms. The van der Waals surface area contributed by atoms with Crippen LogP contribution in [-0.4, -0.2) is 23.0 Å². The predicted octanol–water partition coefficient (Wildman–Crippen LogP) is 4.37. The first-order valence-corrected chi connectivity index (χ1v) is 9.47. The number of carbonyl (C=O) groups excluding carboxylic acids is 2. The summed E-state index contributed by atoms with van der Waals surface area (Å²) in [7, 11) is 0. The monoisotopic (exact) mass is 466 g/mol. The van der Waals surface area contributed by atoms with E-state index in [1.807, 2.05) is 6.07 Å². The molecule has 0 radical (unpaired) electrons. The number of hydrogen-bond donors (Lipinski definition) is 2. The average molecular weight is 467 g/mol. The van der Waals surface area contributed by atoms with E-state index in [0.717, 1.165) is 0 Å². The summed E-state index contributed by atoms with van der Waals surface area (Å²) in [4.78, 5) is 34.8. The Hall–Kier alpha value is -3.85. The van der Waals surface area contributed by atoms with E-state index in [9.17, 15) is 19.7 Å². The Kier molecular flexibility index (Phi) is 6.66. The van der Waals surface area contributed by atoms with Crippen LogP contribution in [0.2, 0.25) is 0 Å². The predicted molar refractivity (Wildman–Crippen MR) is 117 cm³/mol. The van der Waals surface area contributed by atoms with E-state index in [0.29, 0.717) is 26.9 Å². The quantitative estimate of drug-likeness (QED) is 0.318. The minimum atomic E-state index is -0.507. The summed E-state index contributed by atoms with van der Waals surface area (Å²) in [5, 5.41) is 17.3. The highest BCUT2D eigenvalue weighted by Crippen LogP contribution is 2.18. The van der Waals surface area contributed by atoms with Gasteiger partial charge in [-0.2, -0.15) is 5.10 Å². The molecule has 2 amide bonds. The number of nitrogens with one attached hydrogen (secondary N) is 2. The molecule has 0 heterocycles. The van der Waals surface area contributed by atoms with Crippen LogP contribution in [0.5, 0.6) is 0 Å². The molecule has 0 atom stereocenters. The Morgan fingerprint density at radius 2 is 1.70 bits per heavy atom. The number of carbonyl (C=O) groups is 2. The third-order valence-corrected chi connectivity index (χ3v) is 4.68. The van der Waals surface area contributed by atoms with E-state index >= 15 is 0 Å². The molecule has 0 aliphatic heterocycles. The number of amides is 2. The number of nitrogens with zero attached hydrogens (tertiary/aromatic N) is 2. The van der Waals surface area contributed by atoms with Crippen molar-refractivity contribution in [1.29, 1.82) is 0 Å². The van der Waals surface area contributed by atoms with Gasteiger partial charge in [-0.05, 0) is 52.3 Å². The van der Waals surface area contributed by atoms with Crippen LogP contribution in [0.15, 0.2) is 82.4 Å². The van der Waals surface area contributed by atoms with Gasteiger partial charge < -0.3 is 5.32 Å². The number of rotatable bonds is 6. The number of non-ortho nitro benzene ring substituents is 1. The molecule has 3 aromatic rings. The summed E-state index contributed by atoms with van der Waals surface area (Å²) in [6.07, 6.45) is 1.32. The average Bonchev–Trinajstić information content (AvgIpc) is 2.74. The number of nitro benzene ring substituents is 1. The Labute approximate surface area is 179 Å². The third-order valence-electron chi connectivity index (χ3n) is 3.98. The molecule has 3 aromatic carbocycles. The summed E-state index contributed by atoms with van der Waals surface area (Å²) in [5.74, 6) is -0.735. The van der Waals surface area contributed by atoms with Crippen LogP contribution in [0.1, 0.15) is 26.3 Å².